The zero-order valence-corrected chi connectivity index (χ0v) is 17.8. The van der Waals surface area contributed by atoms with Gasteiger partial charge in [-0.1, -0.05) is 37.7 Å². The smallest absolute Gasteiger partial charge is 0.259 e. The average Bonchev–Trinajstić information content (AvgIpc) is 3.27. The quantitative estimate of drug-likeness (QED) is 0.463. The second kappa shape index (κ2) is 8.09. The summed E-state index contributed by atoms with van der Waals surface area (Å²) in [4.78, 5) is 26.7. The molecule has 1 aliphatic carbocycles. The van der Waals surface area contributed by atoms with Crippen LogP contribution in [0.3, 0.4) is 0 Å². The van der Waals surface area contributed by atoms with Gasteiger partial charge in [-0.05, 0) is 54.9 Å². The topological polar surface area (TPSA) is 84.1 Å². The van der Waals surface area contributed by atoms with Crippen LogP contribution in [0.2, 0.25) is 0 Å². The van der Waals surface area contributed by atoms with E-state index < -0.39 is 0 Å². The lowest BCUT2D eigenvalue weighted by molar-refractivity contribution is 0.734. The first-order chi connectivity index (χ1) is 13.5. The lowest BCUT2D eigenvalue weighted by Crippen LogP contribution is -2.13. The number of amidine groups is 1. The van der Waals surface area contributed by atoms with Crippen molar-refractivity contribution in [3.63, 3.8) is 0 Å². The Morgan fingerprint density at radius 3 is 2.89 bits per heavy atom. The Balaban J connectivity index is 1.46. The molecule has 146 valence electrons. The second-order valence-electron chi connectivity index (χ2n) is 7.19. The number of aryl methyl sites for hydroxylation is 2. The van der Waals surface area contributed by atoms with Gasteiger partial charge in [0.25, 0.3) is 5.56 Å². The molecule has 7 heteroatoms. The molecule has 28 heavy (non-hydrogen) atoms. The summed E-state index contributed by atoms with van der Waals surface area (Å²) in [6.07, 6.45) is 4.31. The summed E-state index contributed by atoms with van der Waals surface area (Å²) in [6, 6.07) is 8.20. The molecule has 4 rings (SSSR count). The lowest BCUT2D eigenvalue weighted by Gasteiger charge is -2.08. The molecule has 1 aromatic carbocycles. The number of nitrogens with one attached hydrogen (secondary N) is 1. The average molecular weight is 413 g/mol. The van der Waals surface area contributed by atoms with E-state index in [4.69, 9.17) is 5.73 Å². The Kier molecular flexibility index (Phi) is 5.55. The van der Waals surface area contributed by atoms with E-state index in [0.717, 1.165) is 41.6 Å². The number of fused-ring (bicyclic) bond motifs is 3. The number of H-pyrrole nitrogens is 1. The number of rotatable bonds is 5. The maximum Gasteiger partial charge on any atom is 0.259 e. The predicted octanol–water partition coefficient (Wildman–Crippen LogP) is 4.87. The highest BCUT2D eigenvalue weighted by Gasteiger charge is 2.21. The second-order valence-corrected chi connectivity index (χ2v) is 9.27. The predicted molar refractivity (Wildman–Crippen MR) is 120 cm³/mol. The van der Waals surface area contributed by atoms with Gasteiger partial charge in [0, 0.05) is 4.88 Å². The molecule has 0 fully saturated rings. The van der Waals surface area contributed by atoms with Gasteiger partial charge in [-0.3, -0.25) is 4.79 Å². The van der Waals surface area contributed by atoms with E-state index in [-0.39, 0.29) is 5.56 Å². The van der Waals surface area contributed by atoms with Gasteiger partial charge in [0.2, 0.25) is 0 Å². The summed E-state index contributed by atoms with van der Waals surface area (Å²) in [7, 11) is 0. The highest BCUT2D eigenvalue weighted by Crippen LogP contribution is 2.34. The van der Waals surface area contributed by atoms with Gasteiger partial charge in [-0.2, -0.15) is 0 Å². The molecule has 0 amide bonds. The van der Waals surface area contributed by atoms with E-state index in [2.05, 4.69) is 40.9 Å². The van der Waals surface area contributed by atoms with Crippen molar-refractivity contribution < 1.29 is 0 Å². The van der Waals surface area contributed by atoms with Gasteiger partial charge in [0.15, 0.2) is 5.17 Å². The fraction of sp³-hybridized carbons (Fsp3) is 0.381. The van der Waals surface area contributed by atoms with Gasteiger partial charge in [-0.15, -0.1) is 11.3 Å². The van der Waals surface area contributed by atoms with Crippen LogP contribution in [0.4, 0.5) is 5.69 Å². The molecule has 3 aromatic rings. The molecule has 0 aliphatic heterocycles. The third-order valence-corrected chi connectivity index (χ3v) is 7.29. The zero-order chi connectivity index (χ0) is 19.7. The number of hydrogen-bond donors (Lipinski definition) is 2. The van der Waals surface area contributed by atoms with Gasteiger partial charge in [0.05, 0.1) is 16.8 Å². The monoisotopic (exact) mass is 412 g/mol. The third kappa shape index (κ3) is 3.86. The van der Waals surface area contributed by atoms with Crippen LogP contribution in [-0.4, -0.2) is 15.1 Å². The Hall–Kier alpha value is -2.12. The summed E-state index contributed by atoms with van der Waals surface area (Å²) >= 11 is 3.04. The fourth-order valence-electron chi connectivity index (χ4n) is 3.53. The molecule has 3 N–H and O–H groups in total. The number of thiophene rings is 1. The van der Waals surface area contributed by atoms with Crippen molar-refractivity contribution >= 4 is 44.2 Å². The molecule has 0 radical (unpaired) electrons. The molecule has 0 unspecified atom stereocenters. The van der Waals surface area contributed by atoms with E-state index in [1.165, 1.54) is 27.8 Å². The first kappa shape index (κ1) is 19.2. The largest absolute Gasteiger partial charge is 0.378 e. The Bertz CT molecular complexity index is 1080. The van der Waals surface area contributed by atoms with Crippen LogP contribution in [-0.2, 0) is 18.6 Å². The van der Waals surface area contributed by atoms with Crippen LogP contribution >= 0.6 is 23.1 Å². The van der Waals surface area contributed by atoms with Crippen LogP contribution in [0.15, 0.2) is 34.1 Å². The lowest BCUT2D eigenvalue weighted by atomic mass is 9.99. The number of aliphatic imine (C=N–C) groups is 1. The molecule has 0 spiro atoms. The third-order valence-electron chi connectivity index (χ3n) is 5.29. The van der Waals surface area contributed by atoms with Crippen molar-refractivity contribution in [1.29, 1.82) is 0 Å². The summed E-state index contributed by atoms with van der Waals surface area (Å²) in [6.45, 7) is 4.40. The highest BCUT2D eigenvalue weighted by molar-refractivity contribution is 8.13. The first-order valence-corrected chi connectivity index (χ1v) is 11.5. The molecule has 0 saturated carbocycles. The number of aromatic nitrogens is 2. The molecule has 2 aromatic heterocycles. The Labute approximate surface area is 172 Å². The minimum absolute atomic E-state index is 0.0313. The molecular weight excluding hydrogens is 388 g/mol. The van der Waals surface area contributed by atoms with Crippen LogP contribution < -0.4 is 11.3 Å². The van der Waals surface area contributed by atoms with Crippen molar-refractivity contribution in [1.82, 2.24) is 9.97 Å². The van der Waals surface area contributed by atoms with Gasteiger partial charge >= 0.3 is 0 Å². The van der Waals surface area contributed by atoms with Gasteiger partial charge < -0.3 is 10.7 Å². The summed E-state index contributed by atoms with van der Waals surface area (Å²) in [5.74, 6) is 1.68. The van der Waals surface area contributed by atoms with Crippen molar-refractivity contribution in [3.8, 4) is 0 Å². The highest BCUT2D eigenvalue weighted by atomic mass is 32.2. The van der Waals surface area contributed by atoms with E-state index in [0.29, 0.717) is 22.7 Å². The van der Waals surface area contributed by atoms with Crippen molar-refractivity contribution in [3.05, 3.63) is 56.4 Å². The summed E-state index contributed by atoms with van der Waals surface area (Å²) < 4.78 is 0. The number of benzene rings is 1. The maximum absolute atomic E-state index is 12.5. The molecule has 2 heterocycles. The number of nitrogens with zero attached hydrogens (tertiary/aromatic N) is 2. The fourth-order valence-corrected chi connectivity index (χ4v) is 5.40. The summed E-state index contributed by atoms with van der Waals surface area (Å²) in [5.41, 5.74) is 9.40. The van der Waals surface area contributed by atoms with Crippen molar-refractivity contribution in [2.75, 3.05) is 0 Å². The molecular formula is C21H24N4OS2. The number of hydrogen-bond acceptors (Lipinski definition) is 5. The summed E-state index contributed by atoms with van der Waals surface area (Å²) in [5, 5.41) is 1.25. The molecule has 1 atom stereocenters. The van der Waals surface area contributed by atoms with Crippen molar-refractivity contribution in [2.45, 2.75) is 51.2 Å². The van der Waals surface area contributed by atoms with E-state index in [1.807, 2.05) is 12.1 Å². The van der Waals surface area contributed by atoms with E-state index in [9.17, 15) is 4.79 Å². The number of aromatic amines is 1. The Morgan fingerprint density at radius 2 is 2.14 bits per heavy atom. The standard InChI is InChI=1S/C21H24N4OS2/c1-3-12(2)13-7-9-14(10-8-13)23-21(22)27-11-17-24-19(26)18-15-5-4-6-16(15)28-20(18)25-17/h7-10,12H,3-6,11H2,1-2H3,(H2,22,23)(H,24,25,26)/t12-/m0/s1. The molecule has 0 saturated heterocycles. The minimum atomic E-state index is -0.0313. The number of nitrogens with two attached hydrogens (primary N) is 1. The molecule has 0 bridgehead atoms. The van der Waals surface area contributed by atoms with E-state index in [1.54, 1.807) is 11.3 Å². The maximum atomic E-state index is 12.5. The van der Waals surface area contributed by atoms with Gasteiger partial charge in [0.1, 0.15) is 10.7 Å². The van der Waals surface area contributed by atoms with Crippen molar-refractivity contribution in [2.24, 2.45) is 10.7 Å². The van der Waals surface area contributed by atoms with Crippen LogP contribution in [0, 0.1) is 0 Å². The minimum Gasteiger partial charge on any atom is -0.378 e. The van der Waals surface area contributed by atoms with Crippen LogP contribution in [0.5, 0.6) is 0 Å². The Morgan fingerprint density at radius 1 is 1.36 bits per heavy atom. The SMILES string of the molecule is CC[C@H](C)c1ccc(N=C(N)SCc2nc3sc4c(c3c(=O)[nH]2)CCC4)cc1. The van der Waals surface area contributed by atoms with E-state index >= 15 is 0 Å². The zero-order valence-electron chi connectivity index (χ0n) is 16.1. The molecule has 5 nitrogen and oxygen atoms in total. The van der Waals surface area contributed by atoms with Gasteiger partial charge in [-0.25, -0.2) is 9.98 Å². The molecule has 1 aliphatic rings. The number of thioether (sulfide) groups is 1. The normalized spacial score (nSPS) is 15.1. The van der Waals surface area contributed by atoms with Crippen LogP contribution in [0.1, 0.15) is 54.4 Å². The van der Waals surface area contributed by atoms with Crippen LogP contribution in [0.25, 0.3) is 10.2 Å². The first-order valence-electron chi connectivity index (χ1n) is 9.65.